The van der Waals surface area contributed by atoms with E-state index in [2.05, 4.69) is 97.6 Å². The summed E-state index contributed by atoms with van der Waals surface area (Å²) >= 11 is 0. The second-order valence-corrected chi connectivity index (χ2v) is 6.08. The normalized spacial score (nSPS) is 12.5. The molecule has 0 fully saturated rings. The molecule has 4 rings (SSSR count). The van der Waals surface area contributed by atoms with Crippen LogP contribution in [-0.2, 0) is 0 Å². The fourth-order valence-electron chi connectivity index (χ4n) is 3.29. The van der Waals surface area contributed by atoms with Crippen molar-refractivity contribution in [1.82, 2.24) is 0 Å². The summed E-state index contributed by atoms with van der Waals surface area (Å²) < 4.78 is 0. The van der Waals surface area contributed by atoms with Crippen LogP contribution in [0.2, 0.25) is 0 Å². The van der Waals surface area contributed by atoms with E-state index < -0.39 is 0 Å². The topological polar surface area (TPSA) is 3.24 Å². The van der Waals surface area contributed by atoms with Crippen LogP contribution in [0.1, 0.15) is 22.3 Å². The summed E-state index contributed by atoms with van der Waals surface area (Å²) in [5.74, 6) is 0. The number of benzene rings is 3. The largest absolute Gasteiger partial charge is 0.309 e. The van der Waals surface area contributed by atoms with Crippen molar-refractivity contribution in [1.29, 1.82) is 0 Å². The summed E-state index contributed by atoms with van der Waals surface area (Å²) in [4.78, 5) is 2.37. The summed E-state index contributed by atoms with van der Waals surface area (Å²) in [6, 6.07) is 23.8. The first-order valence-electron chi connectivity index (χ1n) is 7.97. The van der Waals surface area contributed by atoms with Crippen LogP contribution in [0.4, 0.5) is 17.1 Å². The molecule has 0 aliphatic carbocycles. The Morgan fingerprint density at radius 1 is 0.609 bits per heavy atom. The average molecular weight is 297 g/mol. The van der Waals surface area contributed by atoms with E-state index in [0.29, 0.717) is 0 Å². The van der Waals surface area contributed by atoms with Crippen LogP contribution < -0.4 is 4.90 Å². The molecule has 0 radical (unpaired) electrons. The van der Waals surface area contributed by atoms with Gasteiger partial charge in [0.2, 0.25) is 0 Å². The molecule has 0 bridgehead atoms. The molecule has 23 heavy (non-hydrogen) atoms. The predicted molar refractivity (Wildman–Crippen MR) is 99.5 cm³/mol. The molecule has 0 unspecified atom stereocenters. The lowest BCUT2D eigenvalue weighted by Crippen LogP contribution is -2.12. The molecule has 1 nitrogen and oxygen atoms in total. The average Bonchev–Trinajstić information content (AvgIpc) is 2.72. The van der Waals surface area contributed by atoms with Gasteiger partial charge in [-0.25, -0.2) is 0 Å². The van der Waals surface area contributed by atoms with Crippen molar-refractivity contribution in [2.24, 2.45) is 0 Å². The Hall–Kier alpha value is -2.80. The first kappa shape index (κ1) is 13.8. The molecule has 0 aromatic heterocycles. The Balaban J connectivity index is 2.03. The molecule has 3 aromatic rings. The molecule has 0 saturated carbocycles. The SMILES string of the molecule is Cc1ccc(N2c3ccccc3C=Cc3ccccc32)c(C)c1. The van der Waals surface area contributed by atoms with Crippen molar-refractivity contribution in [2.45, 2.75) is 13.8 Å². The molecular formula is C22H19N. The molecule has 112 valence electrons. The number of hydrogen-bond acceptors (Lipinski definition) is 1. The van der Waals surface area contributed by atoms with E-state index in [-0.39, 0.29) is 0 Å². The molecule has 0 N–H and O–H groups in total. The fraction of sp³-hybridized carbons (Fsp3) is 0.0909. The predicted octanol–water partition coefficient (Wildman–Crippen LogP) is 6.26. The quantitative estimate of drug-likeness (QED) is 0.401. The number of hydrogen-bond donors (Lipinski definition) is 0. The Bertz CT molecular complexity index is 856. The van der Waals surface area contributed by atoms with E-state index in [4.69, 9.17) is 0 Å². The van der Waals surface area contributed by atoms with E-state index >= 15 is 0 Å². The number of aryl methyl sites for hydroxylation is 2. The van der Waals surface area contributed by atoms with Gasteiger partial charge in [0.25, 0.3) is 0 Å². The highest BCUT2D eigenvalue weighted by molar-refractivity contribution is 5.93. The molecule has 3 aromatic carbocycles. The van der Waals surface area contributed by atoms with Gasteiger partial charge in [-0.3, -0.25) is 0 Å². The molecule has 0 amide bonds. The van der Waals surface area contributed by atoms with Gasteiger partial charge in [0.15, 0.2) is 0 Å². The van der Waals surface area contributed by atoms with Crippen LogP contribution in [-0.4, -0.2) is 0 Å². The maximum absolute atomic E-state index is 2.37. The maximum Gasteiger partial charge on any atom is 0.0534 e. The second-order valence-electron chi connectivity index (χ2n) is 6.08. The molecule has 1 aliphatic rings. The van der Waals surface area contributed by atoms with Gasteiger partial charge in [0.1, 0.15) is 0 Å². The third kappa shape index (κ3) is 2.35. The minimum absolute atomic E-state index is 1.22. The van der Waals surface area contributed by atoms with Crippen molar-refractivity contribution >= 4 is 29.2 Å². The number of rotatable bonds is 1. The highest BCUT2D eigenvalue weighted by atomic mass is 15.1. The Labute approximate surface area is 137 Å². The van der Waals surface area contributed by atoms with Crippen LogP contribution in [0.25, 0.3) is 12.2 Å². The zero-order valence-corrected chi connectivity index (χ0v) is 13.5. The lowest BCUT2D eigenvalue weighted by molar-refractivity contribution is 1.23. The summed E-state index contributed by atoms with van der Waals surface area (Å²) in [6.45, 7) is 4.33. The number of para-hydroxylation sites is 2. The lowest BCUT2D eigenvalue weighted by atomic mass is 10.1. The Morgan fingerprint density at radius 2 is 1.17 bits per heavy atom. The minimum atomic E-state index is 1.22. The van der Waals surface area contributed by atoms with Crippen molar-refractivity contribution in [3.05, 3.63) is 89.0 Å². The van der Waals surface area contributed by atoms with Gasteiger partial charge >= 0.3 is 0 Å². The van der Waals surface area contributed by atoms with Gasteiger partial charge < -0.3 is 4.90 Å². The summed E-state index contributed by atoms with van der Waals surface area (Å²) in [5, 5.41) is 0. The summed E-state index contributed by atoms with van der Waals surface area (Å²) in [6.07, 6.45) is 4.41. The van der Waals surface area contributed by atoms with E-state index in [1.165, 1.54) is 39.3 Å². The van der Waals surface area contributed by atoms with Crippen molar-refractivity contribution < 1.29 is 0 Å². The third-order valence-corrected chi connectivity index (χ3v) is 4.39. The molecule has 1 heterocycles. The summed E-state index contributed by atoms with van der Waals surface area (Å²) in [7, 11) is 0. The van der Waals surface area contributed by atoms with Crippen molar-refractivity contribution in [3.63, 3.8) is 0 Å². The van der Waals surface area contributed by atoms with Gasteiger partial charge in [-0.1, -0.05) is 66.2 Å². The van der Waals surface area contributed by atoms with E-state index in [9.17, 15) is 0 Å². The second kappa shape index (κ2) is 5.44. The smallest absolute Gasteiger partial charge is 0.0534 e. The lowest BCUT2D eigenvalue weighted by Gasteiger charge is -2.28. The minimum Gasteiger partial charge on any atom is -0.309 e. The first-order chi connectivity index (χ1) is 11.2. The highest BCUT2D eigenvalue weighted by Gasteiger charge is 2.20. The zero-order valence-electron chi connectivity index (χ0n) is 13.5. The summed E-state index contributed by atoms with van der Waals surface area (Å²) in [5.41, 5.74) is 8.74. The molecular weight excluding hydrogens is 278 g/mol. The standard InChI is InChI=1S/C22H19N/c1-16-11-14-20(17(2)15-16)23-21-9-5-3-7-18(21)12-13-19-8-4-6-10-22(19)23/h3-15H,1-2H3. The Morgan fingerprint density at radius 3 is 1.74 bits per heavy atom. The number of anilines is 3. The van der Waals surface area contributed by atoms with Crippen LogP contribution in [0, 0.1) is 13.8 Å². The highest BCUT2D eigenvalue weighted by Crippen LogP contribution is 2.42. The van der Waals surface area contributed by atoms with Gasteiger partial charge in [-0.2, -0.15) is 0 Å². The fourth-order valence-corrected chi connectivity index (χ4v) is 3.29. The van der Waals surface area contributed by atoms with E-state index in [0.717, 1.165) is 0 Å². The molecule has 0 saturated heterocycles. The van der Waals surface area contributed by atoms with E-state index in [1.807, 2.05) is 0 Å². The monoisotopic (exact) mass is 297 g/mol. The van der Waals surface area contributed by atoms with Crippen molar-refractivity contribution in [3.8, 4) is 0 Å². The number of fused-ring (bicyclic) bond motifs is 2. The van der Waals surface area contributed by atoms with E-state index in [1.54, 1.807) is 0 Å². The van der Waals surface area contributed by atoms with Crippen LogP contribution in [0.15, 0.2) is 66.7 Å². The molecule has 1 heteroatoms. The third-order valence-electron chi connectivity index (χ3n) is 4.39. The van der Waals surface area contributed by atoms with Crippen molar-refractivity contribution in [2.75, 3.05) is 4.90 Å². The molecule has 0 spiro atoms. The van der Waals surface area contributed by atoms with Crippen LogP contribution in [0.3, 0.4) is 0 Å². The molecule has 1 aliphatic heterocycles. The van der Waals surface area contributed by atoms with Crippen LogP contribution in [0.5, 0.6) is 0 Å². The number of nitrogens with zero attached hydrogens (tertiary/aromatic N) is 1. The Kier molecular flexibility index (Phi) is 3.27. The van der Waals surface area contributed by atoms with Crippen LogP contribution >= 0.6 is 0 Å². The zero-order chi connectivity index (χ0) is 15.8. The molecule has 0 atom stereocenters. The van der Waals surface area contributed by atoms with Gasteiger partial charge in [0.05, 0.1) is 11.4 Å². The van der Waals surface area contributed by atoms with Gasteiger partial charge in [0, 0.05) is 5.69 Å². The first-order valence-corrected chi connectivity index (χ1v) is 7.97. The van der Waals surface area contributed by atoms with Gasteiger partial charge in [-0.15, -0.1) is 0 Å². The van der Waals surface area contributed by atoms with Gasteiger partial charge in [-0.05, 0) is 48.7 Å². The maximum atomic E-state index is 2.37.